The fourth-order valence-corrected chi connectivity index (χ4v) is 0.736. The largest absolute Gasteiger partial charge is 0.433 e. The lowest BCUT2D eigenvalue weighted by molar-refractivity contribution is -0.141. The molecule has 0 aliphatic rings. The lowest BCUT2D eigenvalue weighted by Crippen LogP contribution is -2.10. The van der Waals surface area contributed by atoms with Crippen LogP contribution in [0.1, 0.15) is 11.5 Å². The van der Waals surface area contributed by atoms with Crippen LogP contribution in [-0.4, -0.2) is 9.97 Å². The van der Waals surface area contributed by atoms with Gasteiger partial charge in [0.15, 0.2) is 0 Å². The van der Waals surface area contributed by atoms with Crippen LogP contribution in [0.4, 0.5) is 19.0 Å². The highest BCUT2D eigenvalue weighted by Gasteiger charge is 2.33. The van der Waals surface area contributed by atoms with E-state index in [1.165, 1.54) is 6.92 Å². The van der Waals surface area contributed by atoms with E-state index in [0.29, 0.717) is 6.07 Å². The van der Waals surface area contributed by atoms with Crippen LogP contribution in [0, 0.1) is 6.92 Å². The molecule has 0 unspecified atom stereocenters. The summed E-state index contributed by atoms with van der Waals surface area (Å²) in [6.07, 6.45) is -4.46. The maximum atomic E-state index is 12.0. The first-order valence-corrected chi connectivity index (χ1v) is 3.08. The second-order valence-corrected chi connectivity index (χ2v) is 2.22. The number of aryl methyl sites for hydroxylation is 1. The quantitative estimate of drug-likeness (QED) is 0.651. The standard InChI is InChI=1S/C6H6F3N3/c1-3-11-4(6(7,8)9)2-5(10)12-3/h2H,1H3,(H2,10,11,12). The maximum Gasteiger partial charge on any atom is 0.433 e. The molecule has 3 nitrogen and oxygen atoms in total. The Morgan fingerprint density at radius 3 is 2.33 bits per heavy atom. The van der Waals surface area contributed by atoms with Crippen LogP contribution >= 0.6 is 0 Å². The van der Waals surface area contributed by atoms with Gasteiger partial charge in [-0.25, -0.2) is 9.97 Å². The Balaban J connectivity index is 3.18. The van der Waals surface area contributed by atoms with Gasteiger partial charge in [-0.1, -0.05) is 0 Å². The molecule has 0 fully saturated rings. The number of halogens is 3. The molecule has 66 valence electrons. The summed E-state index contributed by atoms with van der Waals surface area (Å²) in [6.45, 7) is 1.35. The van der Waals surface area contributed by atoms with E-state index >= 15 is 0 Å². The fourth-order valence-electron chi connectivity index (χ4n) is 0.736. The Kier molecular flexibility index (Phi) is 1.91. The molecule has 0 radical (unpaired) electrons. The van der Waals surface area contributed by atoms with Crippen LogP contribution < -0.4 is 5.73 Å². The van der Waals surface area contributed by atoms with Crippen molar-refractivity contribution < 1.29 is 13.2 Å². The van der Waals surface area contributed by atoms with Gasteiger partial charge in [-0.3, -0.25) is 0 Å². The normalized spacial score (nSPS) is 11.7. The topological polar surface area (TPSA) is 51.8 Å². The predicted molar refractivity (Wildman–Crippen MR) is 36.2 cm³/mol. The first-order chi connectivity index (χ1) is 5.39. The van der Waals surface area contributed by atoms with Crippen LogP contribution in [0.25, 0.3) is 0 Å². The Morgan fingerprint density at radius 2 is 1.92 bits per heavy atom. The van der Waals surface area contributed by atoms with E-state index < -0.39 is 11.9 Å². The van der Waals surface area contributed by atoms with E-state index in [1.807, 2.05) is 0 Å². The molecule has 0 spiro atoms. The summed E-state index contributed by atoms with van der Waals surface area (Å²) < 4.78 is 36.0. The Hall–Kier alpha value is -1.33. The molecule has 0 atom stereocenters. The van der Waals surface area contributed by atoms with Gasteiger partial charge in [-0.2, -0.15) is 13.2 Å². The van der Waals surface area contributed by atoms with E-state index in [4.69, 9.17) is 5.73 Å². The molecule has 0 saturated carbocycles. The van der Waals surface area contributed by atoms with Crippen LogP contribution in [-0.2, 0) is 6.18 Å². The summed E-state index contributed by atoms with van der Waals surface area (Å²) in [7, 11) is 0. The minimum atomic E-state index is -4.46. The van der Waals surface area contributed by atoms with Gasteiger partial charge >= 0.3 is 6.18 Å². The minimum Gasteiger partial charge on any atom is -0.384 e. The molecule has 2 N–H and O–H groups in total. The van der Waals surface area contributed by atoms with Crippen molar-refractivity contribution in [3.63, 3.8) is 0 Å². The molecular weight excluding hydrogens is 171 g/mol. The summed E-state index contributed by atoms with van der Waals surface area (Å²) in [5.74, 6) is -0.155. The van der Waals surface area contributed by atoms with Crippen molar-refractivity contribution in [1.29, 1.82) is 0 Å². The summed E-state index contributed by atoms with van der Waals surface area (Å²) in [5.41, 5.74) is 4.10. The third-order valence-corrected chi connectivity index (χ3v) is 1.15. The first-order valence-electron chi connectivity index (χ1n) is 3.08. The molecule has 0 amide bonds. The third-order valence-electron chi connectivity index (χ3n) is 1.15. The van der Waals surface area contributed by atoms with E-state index in [1.54, 1.807) is 0 Å². The van der Waals surface area contributed by atoms with Crippen molar-refractivity contribution in [1.82, 2.24) is 9.97 Å². The number of rotatable bonds is 0. The highest BCUT2D eigenvalue weighted by atomic mass is 19.4. The number of hydrogen-bond acceptors (Lipinski definition) is 3. The van der Waals surface area contributed by atoms with Gasteiger partial charge in [0.2, 0.25) is 0 Å². The van der Waals surface area contributed by atoms with Gasteiger partial charge in [-0.05, 0) is 6.92 Å². The second kappa shape index (κ2) is 2.62. The second-order valence-electron chi connectivity index (χ2n) is 2.22. The molecule has 0 saturated heterocycles. The number of nitrogens with zero attached hydrogens (tertiary/aromatic N) is 2. The molecule has 0 bridgehead atoms. The van der Waals surface area contributed by atoms with Crippen molar-refractivity contribution in [2.75, 3.05) is 5.73 Å². The first kappa shape index (κ1) is 8.76. The highest BCUT2D eigenvalue weighted by Crippen LogP contribution is 2.27. The van der Waals surface area contributed by atoms with E-state index in [-0.39, 0.29) is 11.6 Å². The van der Waals surface area contributed by atoms with Gasteiger partial charge in [0.1, 0.15) is 17.3 Å². The summed E-state index contributed by atoms with van der Waals surface area (Å²) >= 11 is 0. The Morgan fingerprint density at radius 1 is 1.33 bits per heavy atom. The number of nitrogen functional groups attached to an aromatic ring is 1. The zero-order valence-corrected chi connectivity index (χ0v) is 6.18. The molecule has 0 aliphatic carbocycles. The maximum absolute atomic E-state index is 12.0. The smallest absolute Gasteiger partial charge is 0.384 e. The monoisotopic (exact) mass is 177 g/mol. The summed E-state index contributed by atoms with van der Waals surface area (Å²) in [5, 5.41) is 0. The van der Waals surface area contributed by atoms with Gasteiger partial charge < -0.3 is 5.73 Å². The molecule has 12 heavy (non-hydrogen) atoms. The summed E-state index contributed by atoms with van der Waals surface area (Å²) in [4.78, 5) is 6.70. The van der Waals surface area contributed by atoms with Gasteiger partial charge in [0.25, 0.3) is 0 Å². The number of aromatic nitrogens is 2. The van der Waals surface area contributed by atoms with Crippen molar-refractivity contribution in [2.45, 2.75) is 13.1 Å². The Bertz CT molecular complexity index is 274. The van der Waals surface area contributed by atoms with Gasteiger partial charge in [0, 0.05) is 6.07 Å². The van der Waals surface area contributed by atoms with Crippen molar-refractivity contribution in [3.05, 3.63) is 17.6 Å². The third kappa shape index (κ3) is 1.84. The SMILES string of the molecule is Cc1nc(N)cc(C(F)(F)F)n1. The highest BCUT2D eigenvalue weighted by molar-refractivity contribution is 5.30. The molecule has 1 aromatic heterocycles. The lowest BCUT2D eigenvalue weighted by Gasteiger charge is -2.05. The lowest BCUT2D eigenvalue weighted by atomic mass is 10.4. The molecule has 0 aliphatic heterocycles. The van der Waals surface area contributed by atoms with Crippen LogP contribution in [0.5, 0.6) is 0 Å². The average Bonchev–Trinajstić information content (AvgIpc) is 1.82. The summed E-state index contributed by atoms with van der Waals surface area (Å²) in [6, 6.07) is 0.701. The van der Waals surface area contributed by atoms with Crippen LogP contribution in [0.15, 0.2) is 6.07 Å². The molecule has 6 heteroatoms. The van der Waals surface area contributed by atoms with E-state index in [0.717, 1.165) is 0 Å². The van der Waals surface area contributed by atoms with Gasteiger partial charge in [-0.15, -0.1) is 0 Å². The van der Waals surface area contributed by atoms with E-state index in [2.05, 4.69) is 9.97 Å². The minimum absolute atomic E-state index is 0.0160. The predicted octanol–water partition coefficient (Wildman–Crippen LogP) is 1.39. The molecule has 1 heterocycles. The number of nitrogens with two attached hydrogens (primary N) is 1. The molecule has 1 rings (SSSR count). The van der Waals surface area contributed by atoms with Crippen LogP contribution in [0.2, 0.25) is 0 Å². The Labute approximate surface area is 66.4 Å². The van der Waals surface area contributed by atoms with Crippen molar-refractivity contribution >= 4 is 5.82 Å². The number of hydrogen-bond donors (Lipinski definition) is 1. The van der Waals surface area contributed by atoms with Crippen molar-refractivity contribution in [3.8, 4) is 0 Å². The van der Waals surface area contributed by atoms with Gasteiger partial charge in [0.05, 0.1) is 0 Å². The zero-order chi connectivity index (χ0) is 9.35. The average molecular weight is 177 g/mol. The van der Waals surface area contributed by atoms with Crippen molar-refractivity contribution in [2.24, 2.45) is 0 Å². The van der Waals surface area contributed by atoms with Crippen LogP contribution in [0.3, 0.4) is 0 Å². The molecule has 1 aromatic rings. The number of alkyl halides is 3. The number of anilines is 1. The molecular formula is C6H6F3N3. The van der Waals surface area contributed by atoms with E-state index in [9.17, 15) is 13.2 Å². The zero-order valence-electron chi connectivity index (χ0n) is 6.18. The molecule has 0 aromatic carbocycles. The fraction of sp³-hybridized carbons (Fsp3) is 0.333.